The molecule has 1 atom stereocenters. The molecule has 0 radical (unpaired) electrons. The van der Waals surface area contributed by atoms with Crippen molar-refractivity contribution in [3.05, 3.63) is 23.2 Å². The summed E-state index contributed by atoms with van der Waals surface area (Å²) in [4.78, 5) is 12.4. The number of hydrogen-bond acceptors (Lipinski definition) is 3. The molecule has 124 valence electrons. The highest BCUT2D eigenvalue weighted by atomic mass is 35.5. The van der Waals surface area contributed by atoms with E-state index in [2.05, 4.69) is 0 Å². The van der Waals surface area contributed by atoms with Crippen LogP contribution in [0.15, 0.2) is 23.1 Å². The molecule has 0 spiro atoms. The van der Waals surface area contributed by atoms with Gasteiger partial charge in [-0.15, -0.1) is 11.8 Å². The van der Waals surface area contributed by atoms with Crippen LogP contribution in [0.3, 0.4) is 0 Å². The molecule has 3 nitrogen and oxygen atoms in total. The van der Waals surface area contributed by atoms with Crippen molar-refractivity contribution in [2.24, 2.45) is 0 Å². The Kier molecular flexibility index (Phi) is 5.47. The lowest BCUT2D eigenvalue weighted by Gasteiger charge is -2.25. The predicted molar refractivity (Wildman–Crippen MR) is 82.4 cm³/mol. The number of benzene rings is 1. The maximum absolute atomic E-state index is 12.6. The standard InChI is InChI=1S/C14H17ClF3NO2S/c1-12(2,3)22-8-5-6-10(9(15)7-8)19-11(20)13(4,21)14(16,17)18/h5-7,21H,1-4H3,(H,19,20). The highest BCUT2D eigenvalue weighted by molar-refractivity contribution is 8.00. The molecule has 1 aromatic carbocycles. The van der Waals surface area contributed by atoms with Crippen LogP contribution < -0.4 is 5.32 Å². The molecule has 0 saturated carbocycles. The van der Waals surface area contributed by atoms with E-state index < -0.39 is 17.7 Å². The molecule has 2 N–H and O–H groups in total. The number of hydrogen-bond donors (Lipinski definition) is 2. The van der Waals surface area contributed by atoms with Gasteiger partial charge >= 0.3 is 6.18 Å². The van der Waals surface area contributed by atoms with E-state index in [-0.39, 0.29) is 15.5 Å². The number of aliphatic hydroxyl groups is 1. The minimum absolute atomic E-state index is 0.00875. The first-order valence-corrected chi connectivity index (χ1v) is 7.52. The van der Waals surface area contributed by atoms with Crippen molar-refractivity contribution in [3.8, 4) is 0 Å². The van der Waals surface area contributed by atoms with E-state index in [1.807, 2.05) is 26.1 Å². The van der Waals surface area contributed by atoms with Crippen molar-refractivity contribution in [1.29, 1.82) is 0 Å². The van der Waals surface area contributed by atoms with Crippen LogP contribution in [0.25, 0.3) is 0 Å². The van der Waals surface area contributed by atoms with Crippen LogP contribution in [0.4, 0.5) is 18.9 Å². The number of carbonyl (C=O) groups excluding carboxylic acids is 1. The van der Waals surface area contributed by atoms with Crippen molar-refractivity contribution >= 4 is 35.0 Å². The summed E-state index contributed by atoms with van der Waals surface area (Å²) in [6.07, 6.45) is -5.08. The number of anilines is 1. The zero-order valence-corrected chi connectivity index (χ0v) is 14.1. The molecular formula is C14H17ClF3NO2S. The molecule has 0 heterocycles. The topological polar surface area (TPSA) is 49.3 Å². The third-order valence-electron chi connectivity index (χ3n) is 2.61. The second-order valence-electron chi connectivity index (χ2n) is 5.88. The summed E-state index contributed by atoms with van der Waals surface area (Å²) in [5.74, 6) is -1.59. The van der Waals surface area contributed by atoms with E-state index in [0.29, 0.717) is 6.92 Å². The minimum atomic E-state index is -5.08. The Balaban J connectivity index is 2.94. The Morgan fingerprint density at radius 2 is 1.77 bits per heavy atom. The number of nitrogens with one attached hydrogen (secondary N) is 1. The van der Waals surface area contributed by atoms with Crippen molar-refractivity contribution < 1.29 is 23.1 Å². The van der Waals surface area contributed by atoms with Crippen molar-refractivity contribution in [2.45, 2.75) is 49.1 Å². The molecule has 0 aromatic heterocycles. The zero-order valence-electron chi connectivity index (χ0n) is 12.5. The summed E-state index contributed by atoms with van der Waals surface area (Å²) in [7, 11) is 0. The summed E-state index contributed by atoms with van der Waals surface area (Å²) in [6.45, 7) is 6.39. The van der Waals surface area contributed by atoms with E-state index in [9.17, 15) is 23.1 Å². The lowest BCUT2D eigenvalue weighted by molar-refractivity contribution is -0.242. The Bertz CT molecular complexity index is 568. The average Bonchev–Trinajstić information content (AvgIpc) is 2.28. The monoisotopic (exact) mass is 355 g/mol. The number of rotatable bonds is 3. The third kappa shape index (κ3) is 4.79. The SMILES string of the molecule is CC(C)(C)Sc1ccc(NC(=O)C(C)(O)C(F)(F)F)c(Cl)c1. The van der Waals surface area contributed by atoms with Gasteiger partial charge in [-0.05, 0) is 25.1 Å². The van der Waals surface area contributed by atoms with Gasteiger partial charge in [-0.2, -0.15) is 13.2 Å². The summed E-state index contributed by atoms with van der Waals surface area (Å²) in [6, 6.07) is 4.59. The summed E-state index contributed by atoms with van der Waals surface area (Å²) in [5, 5.41) is 11.4. The highest BCUT2D eigenvalue weighted by Gasteiger charge is 2.55. The Morgan fingerprint density at radius 1 is 1.23 bits per heavy atom. The molecule has 0 aliphatic carbocycles. The van der Waals surface area contributed by atoms with E-state index >= 15 is 0 Å². The fraction of sp³-hybridized carbons (Fsp3) is 0.500. The fourth-order valence-corrected chi connectivity index (χ4v) is 2.70. The van der Waals surface area contributed by atoms with Crippen LogP contribution in [-0.4, -0.2) is 27.5 Å². The molecule has 0 aliphatic heterocycles. The Morgan fingerprint density at radius 3 is 2.18 bits per heavy atom. The summed E-state index contributed by atoms with van der Waals surface area (Å²) < 4.78 is 37.7. The smallest absolute Gasteiger partial charge is 0.373 e. The number of amides is 1. The first-order valence-electron chi connectivity index (χ1n) is 6.33. The molecule has 1 aromatic rings. The van der Waals surface area contributed by atoms with Crippen LogP contribution >= 0.6 is 23.4 Å². The fourth-order valence-electron chi connectivity index (χ4n) is 1.39. The molecule has 0 bridgehead atoms. The second kappa shape index (κ2) is 6.29. The van der Waals surface area contributed by atoms with E-state index in [1.54, 1.807) is 12.1 Å². The van der Waals surface area contributed by atoms with Gasteiger partial charge in [-0.25, -0.2) is 0 Å². The molecule has 22 heavy (non-hydrogen) atoms. The average molecular weight is 356 g/mol. The van der Waals surface area contributed by atoms with Gasteiger partial charge in [-0.3, -0.25) is 4.79 Å². The minimum Gasteiger partial charge on any atom is -0.373 e. The molecule has 1 unspecified atom stereocenters. The van der Waals surface area contributed by atoms with Gasteiger partial charge in [0.15, 0.2) is 0 Å². The van der Waals surface area contributed by atoms with Crippen LogP contribution in [-0.2, 0) is 4.79 Å². The lowest BCUT2D eigenvalue weighted by Crippen LogP contribution is -2.52. The maximum Gasteiger partial charge on any atom is 0.426 e. The Hall–Kier alpha value is -0.920. The molecule has 0 aliphatic rings. The molecular weight excluding hydrogens is 339 g/mol. The van der Waals surface area contributed by atoms with E-state index in [4.69, 9.17) is 11.6 Å². The molecule has 0 fully saturated rings. The largest absolute Gasteiger partial charge is 0.426 e. The van der Waals surface area contributed by atoms with Crippen molar-refractivity contribution in [3.63, 3.8) is 0 Å². The third-order valence-corrected chi connectivity index (χ3v) is 4.02. The molecule has 1 amide bonds. The quantitative estimate of drug-likeness (QED) is 0.786. The van der Waals surface area contributed by atoms with Gasteiger partial charge in [0.25, 0.3) is 5.91 Å². The van der Waals surface area contributed by atoms with Crippen LogP contribution in [0, 0.1) is 0 Å². The van der Waals surface area contributed by atoms with Gasteiger partial charge in [-0.1, -0.05) is 32.4 Å². The number of carbonyl (C=O) groups is 1. The van der Waals surface area contributed by atoms with Crippen LogP contribution in [0.2, 0.25) is 5.02 Å². The normalized spacial score (nSPS) is 15.3. The van der Waals surface area contributed by atoms with Crippen molar-refractivity contribution in [1.82, 2.24) is 0 Å². The van der Waals surface area contributed by atoms with E-state index in [0.717, 1.165) is 4.90 Å². The highest BCUT2D eigenvalue weighted by Crippen LogP contribution is 2.36. The zero-order chi connectivity index (χ0) is 17.3. The van der Waals surface area contributed by atoms with Crippen LogP contribution in [0.1, 0.15) is 27.7 Å². The van der Waals surface area contributed by atoms with E-state index in [1.165, 1.54) is 17.8 Å². The first kappa shape index (κ1) is 19.1. The molecule has 8 heteroatoms. The lowest BCUT2D eigenvalue weighted by atomic mass is 10.1. The van der Waals surface area contributed by atoms with Gasteiger partial charge in [0, 0.05) is 9.64 Å². The van der Waals surface area contributed by atoms with Gasteiger partial charge in [0.1, 0.15) is 0 Å². The Labute approximate surface area is 136 Å². The van der Waals surface area contributed by atoms with Gasteiger partial charge in [0.05, 0.1) is 10.7 Å². The number of halogens is 4. The first-order chi connectivity index (χ1) is 9.74. The summed E-state index contributed by atoms with van der Waals surface area (Å²) >= 11 is 7.50. The molecule has 0 saturated heterocycles. The van der Waals surface area contributed by atoms with Gasteiger partial charge < -0.3 is 10.4 Å². The van der Waals surface area contributed by atoms with Crippen LogP contribution in [0.5, 0.6) is 0 Å². The molecule has 1 rings (SSSR count). The second-order valence-corrected chi connectivity index (χ2v) is 8.19. The predicted octanol–water partition coefficient (Wildman–Crippen LogP) is 4.48. The summed E-state index contributed by atoms with van der Waals surface area (Å²) in [5.41, 5.74) is -3.48. The van der Waals surface area contributed by atoms with Crippen molar-refractivity contribution in [2.75, 3.05) is 5.32 Å². The number of thioether (sulfide) groups is 1. The van der Waals surface area contributed by atoms with Gasteiger partial charge in [0.2, 0.25) is 5.60 Å². The maximum atomic E-state index is 12.6. The number of alkyl halides is 3.